The van der Waals surface area contributed by atoms with E-state index in [1.54, 1.807) is 7.11 Å². The molecule has 20 heavy (non-hydrogen) atoms. The van der Waals surface area contributed by atoms with Gasteiger partial charge < -0.3 is 10.5 Å². The molecule has 2 aromatic rings. The maximum Gasteiger partial charge on any atom is 0.124 e. The lowest BCUT2D eigenvalue weighted by atomic mass is 9.90. The molecule has 0 bridgehead atoms. The van der Waals surface area contributed by atoms with Crippen LogP contribution in [0.5, 0.6) is 5.75 Å². The molecular weight excluding hydrogens is 246 g/mol. The minimum absolute atomic E-state index is 0.162. The van der Waals surface area contributed by atoms with Crippen LogP contribution in [-0.4, -0.2) is 7.11 Å². The third-order valence-electron chi connectivity index (χ3n) is 4.01. The van der Waals surface area contributed by atoms with E-state index in [2.05, 4.69) is 52.0 Å². The van der Waals surface area contributed by atoms with E-state index >= 15 is 0 Å². The average Bonchev–Trinajstić information content (AvgIpc) is 2.40. The predicted molar refractivity (Wildman–Crippen MR) is 84.4 cm³/mol. The molecule has 0 heterocycles. The molecule has 0 amide bonds. The Morgan fingerprint density at radius 3 is 2.35 bits per heavy atom. The summed E-state index contributed by atoms with van der Waals surface area (Å²) in [7, 11) is 1.70. The molecule has 0 aliphatic rings. The van der Waals surface area contributed by atoms with E-state index in [0.29, 0.717) is 0 Å². The lowest BCUT2D eigenvalue weighted by molar-refractivity contribution is 0.407. The monoisotopic (exact) mass is 269 g/mol. The van der Waals surface area contributed by atoms with Crippen LogP contribution in [0.4, 0.5) is 0 Å². The van der Waals surface area contributed by atoms with Gasteiger partial charge in [-0.25, -0.2) is 0 Å². The first-order valence-corrected chi connectivity index (χ1v) is 6.92. The number of methoxy groups -OCH3 is 1. The summed E-state index contributed by atoms with van der Waals surface area (Å²) in [5, 5.41) is 0. The van der Waals surface area contributed by atoms with Gasteiger partial charge in [0.1, 0.15) is 5.75 Å². The van der Waals surface area contributed by atoms with Crippen LogP contribution >= 0.6 is 0 Å². The van der Waals surface area contributed by atoms with E-state index in [1.165, 1.54) is 22.3 Å². The molecule has 2 aromatic carbocycles. The van der Waals surface area contributed by atoms with E-state index in [-0.39, 0.29) is 6.04 Å². The molecule has 0 aromatic heterocycles. The van der Waals surface area contributed by atoms with Crippen molar-refractivity contribution in [3.05, 3.63) is 63.7 Å². The van der Waals surface area contributed by atoms with Crippen molar-refractivity contribution in [1.82, 2.24) is 0 Å². The van der Waals surface area contributed by atoms with Gasteiger partial charge in [-0.15, -0.1) is 0 Å². The van der Waals surface area contributed by atoms with Crippen LogP contribution in [0.15, 0.2) is 30.3 Å². The average molecular weight is 269 g/mol. The van der Waals surface area contributed by atoms with Crippen molar-refractivity contribution in [3.8, 4) is 5.75 Å². The van der Waals surface area contributed by atoms with Crippen LogP contribution < -0.4 is 10.5 Å². The molecule has 1 atom stereocenters. The van der Waals surface area contributed by atoms with Crippen LogP contribution in [0, 0.1) is 27.7 Å². The molecule has 0 radical (unpaired) electrons. The van der Waals surface area contributed by atoms with Gasteiger partial charge in [-0.2, -0.15) is 0 Å². The van der Waals surface area contributed by atoms with E-state index in [0.717, 1.165) is 16.9 Å². The molecule has 2 rings (SSSR count). The summed E-state index contributed by atoms with van der Waals surface area (Å²) in [5.74, 6) is 0.871. The Morgan fingerprint density at radius 2 is 1.70 bits per heavy atom. The quantitative estimate of drug-likeness (QED) is 0.914. The van der Waals surface area contributed by atoms with Gasteiger partial charge in [0.15, 0.2) is 0 Å². The predicted octanol–water partition coefficient (Wildman–Crippen LogP) is 3.98. The second-order valence-electron chi connectivity index (χ2n) is 5.46. The van der Waals surface area contributed by atoms with Crippen molar-refractivity contribution in [2.75, 3.05) is 7.11 Å². The molecule has 0 saturated heterocycles. The second kappa shape index (κ2) is 5.68. The van der Waals surface area contributed by atoms with Gasteiger partial charge in [0.25, 0.3) is 0 Å². The number of hydrogen-bond acceptors (Lipinski definition) is 2. The first-order chi connectivity index (χ1) is 9.45. The zero-order valence-corrected chi connectivity index (χ0v) is 12.9. The van der Waals surface area contributed by atoms with Gasteiger partial charge in [0.05, 0.1) is 13.2 Å². The lowest BCUT2D eigenvalue weighted by Gasteiger charge is -2.21. The zero-order valence-electron chi connectivity index (χ0n) is 12.9. The van der Waals surface area contributed by atoms with Crippen molar-refractivity contribution >= 4 is 0 Å². The van der Waals surface area contributed by atoms with E-state index < -0.39 is 0 Å². The van der Waals surface area contributed by atoms with Crippen molar-refractivity contribution < 1.29 is 4.74 Å². The molecule has 1 unspecified atom stereocenters. The third kappa shape index (κ3) is 2.56. The fraction of sp³-hybridized carbons (Fsp3) is 0.333. The van der Waals surface area contributed by atoms with Crippen molar-refractivity contribution in [2.45, 2.75) is 33.7 Å². The number of benzene rings is 2. The lowest BCUT2D eigenvalue weighted by Crippen LogP contribution is -2.16. The fourth-order valence-corrected chi connectivity index (χ4v) is 2.77. The molecule has 0 aliphatic heterocycles. The summed E-state index contributed by atoms with van der Waals surface area (Å²) < 4.78 is 5.54. The Bertz CT molecular complexity index is 632. The molecule has 2 heteroatoms. The van der Waals surface area contributed by atoms with Crippen molar-refractivity contribution in [3.63, 3.8) is 0 Å². The maximum absolute atomic E-state index is 6.53. The Hall–Kier alpha value is -1.80. The largest absolute Gasteiger partial charge is 0.496 e. The van der Waals surface area contributed by atoms with Gasteiger partial charge in [-0.3, -0.25) is 0 Å². The summed E-state index contributed by atoms with van der Waals surface area (Å²) >= 11 is 0. The van der Waals surface area contributed by atoms with Crippen molar-refractivity contribution in [2.24, 2.45) is 5.73 Å². The molecule has 2 N–H and O–H groups in total. The smallest absolute Gasteiger partial charge is 0.124 e. The maximum atomic E-state index is 6.53. The summed E-state index contributed by atoms with van der Waals surface area (Å²) in [4.78, 5) is 0. The van der Waals surface area contributed by atoms with Crippen LogP contribution in [0.25, 0.3) is 0 Å². The van der Waals surface area contributed by atoms with Gasteiger partial charge >= 0.3 is 0 Å². The first-order valence-electron chi connectivity index (χ1n) is 6.92. The van der Waals surface area contributed by atoms with E-state index in [1.807, 2.05) is 6.07 Å². The van der Waals surface area contributed by atoms with Gasteiger partial charge in [0, 0.05) is 5.56 Å². The third-order valence-corrected chi connectivity index (χ3v) is 4.01. The minimum Gasteiger partial charge on any atom is -0.496 e. The minimum atomic E-state index is -0.162. The molecule has 2 nitrogen and oxygen atoms in total. The van der Waals surface area contributed by atoms with Gasteiger partial charge in [0.2, 0.25) is 0 Å². The molecule has 0 spiro atoms. The van der Waals surface area contributed by atoms with Crippen LogP contribution in [-0.2, 0) is 0 Å². The highest BCUT2D eigenvalue weighted by atomic mass is 16.5. The fourth-order valence-electron chi connectivity index (χ4n) is 2.77. The SMILES string of the molecule is COc1cc(C)cc(C)c1C(N)c1cccc(C)c1C. The van der Waals surface area contributed by atoms with Crippen LogP contribution in [0.1, 0.15) is 39.4 Å². The normalized spacial score (nSPS) is 12.3. The Balaban J connectivity index is 2.59. The van der Waals surface area contributed by atoms with Crippen LogP contribution in [0.3, 0.4) is 0 Å². The standard InChI is InChI=1S/C18H23NO/c1-11-9-13(3)17(16(10-11)20-5)18(19)15-8-6-7-12(2)14(15)4/h6-10,18H,19H2,1-5H3. The summed E-state index contributed by atoms with van der Waals surface area (Å²) in [5.41, 5.74) is 13.7. The summed E-state index contributed by atoms with van der Waals surface area (Å²) in [6.45, 7) is 8.41. The highest BCUT2D eigenvalue weighted by Gasteiger charge is 2.19. The van der Waals surface area contributed by atoms with E-state index in [4.69, 9.17) is 10.5 Å². The summed E-state index contributed by atoms with van der Waals surface area (Å²) in [6, 6.07) is 10.3. The number of hydrogen-bond donors (Lipinski definition) is 1. The Morgan fingerprint density at radius 1 is 1.00 bits per heavy atom. The zero-order chi connectivity index (χ0) is 14.9. The summed E-state index contributed by atoms with van der Waals surface area (Å²) in [6.07, 6.45) is 0. The number of rotatable bonds is 3. The first kappa shape index (κ1) is 14.6. The number of ether oxygens (including phenoxy) is 1. The highest BCUT2D eigenvalue weighted by molar-refractivity contribution is 5.50. The Kier molecular flexibility index (Phi) is 4.15. The van der Waals surface area contributed by atoms with Crippen molar-refractivity contribution in [1.29, 1.82) is 0 Å². The highest BCUT2D eigenvalue weighted by Crippen LogP contribution is 2.34. The molecule has 0 aliphatic carbocycles. The topological polar surface area (TPSA) is 35.2 Å². The molecule has 0 fully saturated rings. The van der Waals surface area contributed by atoms with Crippen LogP contribution in [0.2, 0.25) is 0 Å². The number of nitrogens with two attached hydrogens (primary N) is 1. The van der Waals surface area contributed by atoms with Gasteiger partial charge in [-0.1, -0.05) is 24.3 Å². The Labute approximate surface area is 121 Å². The van der Waals surface area contributed by atoms with Gasteiger partial charge in [-0.05, 0) is 61.6 Å². The molecule has 0 saturated carbocycles. The van der Waals surface area contributed by atoms with E-state index in [9.17, 15) is 0 Å². The number of aryl methyl sites for hydroxylation is 3. The molecule has 106 valence electrons. The molecular formula is C18H23NO. The second-order valence-corrected chi connectivity index (χ2v) is 5.46.